The molecule has 3 rings (SSSR count). The highest BCUT2D eigenvalue weighted by Crippen LogP contribution is 2.35. The van der Waals surface area contributed by atoms with Crippen LogP contribution in [0.4, 0.5) is 0 Å². The smallest absolute Gasteiger partial charge is 0.255 e. The predicted octanol–water partition coefficient (Wildman–Crippen LogP) is 1.12. The van der Waals surface area contributed by atoms with Crippen LogP contribution in [-0.2, 0) is 11.8 Å². The Kier molecular flexibility index (Phi) is 4.28. The number of aryl methyl sites for hydroxylation is 1. The maximum atomic E-state index is 12.7. The third kappa shape index (κ3) is 2.75. The molecular formula is C16H18ClN5O2. The van der Waals surface area contributed by atoms with E-state index in [2.05, 4.69) is 10.1 Å². The molecule has 0 aliphatic carbocycles. The maximum absolute atomic E-state index is 12.7. The molecule has 8 heteroatoms. The van der Waals surface area contributed by atoms with E-state index in [-0.39, 0.29) is 18.4 Å². The lowest BCUT2D eigenvalue weighted by atomic mass is 9.89. The second-order valence-electron chi connectivity index (χ2n) is 5.99. The summed E-state index contributed by atoms with van der Waals surface area (Å²) in [5, 5.41) is 4.52. The molecule has 0 aromatic carbocycles. The van der Waals surface area contributed by atoms with Gasteiger partial charge in [-0.05, 0) is 18.6 Å². The van der Waals surface area contributed by atoms with Crippen molar-refractivity contribution in [3.05, 3.63) is 46.5 Å². The first kappa shape index (κ1) is 16.4. The number of amides is 2. The number of pyridine rings is 1. The number of aromatic nitrogens is 3. The van der Waals surface area contributed by atoms with Crippen LogP contribution in [0.1, 0.15) is 27.5 Å². The van der Waals surface area contributed by atoms with Gasteiger partial charge < -0.3 is 10.6 Å². The average molecular weight is 348 g/mol. The van der Waals surface area contributed by atoms with Crippen LogP contribution in [0.3, 0.4) is 0 Å². The van der Waals surface area contributed by atoms with Gasteiger partial charge in [0.2, 0.25) is 5.91 Å². The highest BCUT2D eigenvalue weighted by atomic mass is 35.5. The Bertz CT molecular complexity index is 804. The minimum Gasteiger partial charge on any atom is -0.369 e. The van der Waals surface area contributed by atoms with Crippen molar-refractivity contribution in [2.24, 2.45) is 18.7 Å². The molecule has 1 aliphatic rings. The van der Waals surface area contributed by atoms with Crippen molar-refractivity contribution in [3.63, 3.8) is 0 Å². The zero-order chi connectivity index (χ0) is 17.4. The Labute approximate surface area is 144 Å². The van der Waals surface area contributed by atoms with Crippen molar-refractivity contribution >= 4 is 23.4 Å². The van der Waals surface area contributed by atoms with Crippen molar-refractivity contribution < 1.29 is 9.59 Å². The molecule has 0 unspecified atom stereocenters. The van der Waals surface area contributed by atoms with Gasteiger partial charge in [-0.25, -0.2) is 0 Å². The summed E-state index contributed by atoms with van der Waals surface area (Å²) in [6.07, 6.45) is 4.69. The standard InChI is InChI=1S/C16H18ClN5O2/c1-9-11(5-20-21(9)2)12-7-22(8-13(12)15(18)23)16(24)10-3-4-19-6-14(10)17/h3-6,12-13H,7-8H2,1-2H3,(H2,18,23)/t12-,13+/m1/s1. The summed E-state index contributed by atoms with van der Waals surface area (Å²) in [4.78, 5) is 30.1. The molecule has 0 spiro atoms. The van der Waals surface area contributed by atoms with E-state index >= 15 is 0 Å². The van der Waals surface area contributed by atoms with Gasteiger partial charge >= 0.3 is 0 Å². The number of nitrogens with two attached hydrogens (primary N) is 1. The van der Waals surface area contributed by atoms with Crippen molar-refractivity contribution in [2.75, 3.05) is 13.1 Å². The molecule has 1 fully saturated rings. The number of hydrogen-bond donors (Lipinski definition) is 1. The fourth-order valence-electron chi connectivity index (χ4n) is 3.17. The number of carbonyl (C=O) groups is 2. The zero-order valence-corrected chi connectivity index (χ0v) is 14.2. The minimum absolute atomic E-state index is 0.166. The van der Waals surface area contributed by atoms with Gasteiger partial charge in [-0.2, -0.15) is 5.10 Å². The summed E-state index contributed by atoms with van der Waals surface area (Å²) in [6, 6.07) is 1.58. The van der Waals surface area contributed by atoms with Crippen LogP contribution in [0.25, 0.3) is 0 Å². The third-order valence-electron chi connectivity index (χ3n) is 4.65. The first-order chi connectivity index (χ1) is 11.4. The fourth-order valence-corrected chi connectivity index (χ4v) is 3.37. The van der Waals surface area contributed by atoms with E-state index in [0.29, 0.717) is 17.1 Å². The Morgan fingerprint density at radius 2 is 2.08 bits per heavy atom. The molecule has 0 radical (unpaired) electrons. The molecule has 2 aromatic heterocycles. The van der Waals surface area contributed by atoms with Crippen LogP contribution in [0.5, 0.6) is 0 Å². The van der Waals surface area contributed by atoms with Gasteiger partial charge in [-0.1, -0.05) is 11.6 Å². The SMILES string of the molecule is Cc1c([C@H]2CN(C(=O)c3ccncc3Cl)C[C@@H]2C(N)=O)cnn1C. The molecule has 1 aliphatic heterocycles. The average Bonchev–Trinajstić information content (AvgIpc) is 3.12. The van der Waals surface area contributed by atoms with Gasteiger partial charge in [0.25, 0.3) is 5.91 Å². The van der Waals surface area contributed by atoms with E-state index in [1.54, 1.807) is 21.8 Å². The Balaban J connectivity index is 1.91. The van der Waals surface area contributed by atoms with E-state index in [0.717, 1.165) is 11.3 Å². The highest BCUT2D eigenvalue weighted by Gasteiger charge is 2.41. The van der Waals surface area contributed by atoms with Crippen molar-refractivity contribution in [2.45, 2.75) is 12.8 Å². The first-order valence-electron chi connectivity index (χ1n) is 7.56. The predicted molar refractivity (Wildman–Crippen MR) is 88.5 cm³/mol. The second-order valence-corrected chi connectivity index (χ2v) is 6.40. The van der Waals surface area contributed by atoms with Gasteiger partial charge in [-0.15, -0.1) is 0 Å². The lowest BCUT2D eigenvalue weighted by Gasteiger charge is -2.17. The molecule has 24 heavy (non-hydrogen) atoms. The topological polar surface area (TPSA) is 94.1 Å². The van der Waals surface area contributed by atoms with E-state index in [4.69, 9.17) is 17.3 Å². The van der Waals surface area contributed by atoms with Gasteiger partial charge in [-0.3, -0.25) is 19.3 Å². The summed E-state index contributed by atoms with van der Waals surface area (Å²) in [5.74, 6) is -1.25. The van der Waals surface area contributed by atoms with Crippen molar-refractivity contribution in [1.82, 2.24) is 19.7 Å². The molecule has 7 nitrogen and oxygen atoms in total. The molecule has 0 bridgehead atoms. The maximum Gasteiger partial charge on any atom is 0.255 e. The Morgan fingerprint density at radius 1 is 1.33 bits per heavy atom. The van der Waals surface area contributed by atoms with E-state index < -0.39 is 11.8 Å². The molecule has 126 valence electrons. The van der Waals surface area contributed by atoms with Crippen LogP contribution < -0.4 is 5.73 Å². The largest absolute Gasteiger partial charge is 0.369 e. The lowest BCUT2D eigenvalue weighted by Crippen LogP contribution is -2.32. The minimum atomic E-state index is -0.447. The summed E-state index contributed by atoms with van der Waals surface area (Å²) in [5.41, 5.74) is 7.85. The lowest BCUT2D eigenvalue weighted by molar-refractivity contribution is -0.121. The van der Waals surface area contributed by atoms with Crippen LogP contribution in [0.2, 0.25) is 5.02 Å². The van der Waals surface area contributed by atoms with E-state index in [1.807, 2.05) is 14.0 Å². The molecular weight excluding hydrogens is 330 g/mol. The van der Waals surface area contributed by atoms with Crippen molar-refractivity contribution in [1.29, 1.82) is 0 Å². The number of halogens is 1. The summed E-state index contributed by atoms with van der Waals surface area (Å²) in [6.45, 7) is 2.61. The van der Waals surface area contributed by atoms with Crippen LogP contribution in [-0.4, -0.2) is 44.6 Å². The molecule has 2 atom stereocenters. The molecule has 2 aromatic rings. The summed E-state index contributed by atoms with van der Waals surface area (Å²) < 4.78 is 1.75. The first-order valence-corrected chi connectivity index (χ1v) is 7.94. The molecule has 2 amide bonds. The number of nitrogens with zero attached hydrogens (tertiary/aromatic N) is 4. The summed E-state index contributed by atoms with van der Waals surface area (Å²) >= 11 is 6.06. The van der Waals surface area contributed by atoms with Crippen molar-refractivity contribution in [3.8, 4) is 0 Å². The van der Waals surface area contributed by atoms with Gasteiger partial charge in [0.05, 0.1) is 22.7 Å². The Hall–Kier alpha value is -2.41. The molecule has 2 N–H and O–H groups in total. The quantitative estimate of drug-likeness (QED) is 0.900. The number of carbonyl (C=O) groups excluding carboxylic acids is 2. The number of rotatable bonds is 3. The van der Waals surface area contributed by atoms with Gasteiger partial charge in [0, 0.05) is 44.1 Å². The van der Waals surface area contributed by atoms with E-state index in [9.17, 15) is 9.59 Å². The molecule has 0 saturated carbocycles. The van der Waals surface area contributed by atoms with Crippen LogP contribution >= 0.6 is 11.6 Å². The molecule has 1 saturated heterocycles. The number of primary amides is 1. The van der Waals surface area contributed by atoms with E-state index in [1.165, 1.54) is 12.4 Å². The fraction of sp³-hybridized carbons (Fsp3) is 0.375. The Morgan fingerprint density at radius 3 is 2.67 bits per heavy atom. The zero-order valence-electron chi connectivity index (χ0n) is 13.4. The van der Waals surface area contributed by atoms with Crippen LogP contribution in [0.15, 0.2) is 24.7 Å². The molecule has 3 heterocycles. The van der Waals surface area contributed by atoms with Crippen LogP contribution in [0, 0.1) is 12.8 Å². The highest BCUT2D eigenvalue weighted by molar-refractivity contribution is 6.33. The normalized spacial score (nSPS) is 20.4. The van der Waals surface area contributed by atoms with Gasteiger partial charge in [0.1, 0.15) is 0 Å². The third-order valence-corrected chi connectivity index (χ3v) is 4.95. The number of likely N-dealkylation sites (tertiary alicyclic amines) is 1. The number of hydrogen-bond acceptors (Lipinski definition) is 4. The van der Waals surface area contributed by atoms with Gasteiger partial charge in [0.15, 0.2) is 0 Å². The summed E-state index contributed by atoms with van der Waals surface area (Å²) in [7, 11) is 1.84. The second kappa shape index (κ2) is 6.24. The monoisotopic (exact) mass is 347 g/mol.